The molecule has 0 atom stereocenters. The molecule has 0 aliphatic carbocycles. The first-order valence-electron chi connectivity index (χ1n) is 4.15. The second-order valence-corrected chi connectivity index (χ2v) is 4.63. The Balaban J connectivity index is 2.80. The van der Waals surface area contributed by atoms with Crippen LogP contribution in [0.15, 0.2) is 27.8 Å². The third-order valence-corrected chi connectivity index (χ3v) is 1.76. The van der Waals surface area contributed by atoms with Gasteiger partial charge in [0.05, 0.1) is 11.2 Å². The Morgan fingerprint density at radius 2 is 2.08 bits per heavy atom. The van der Waals surface area contributed by atoms with E-state index in [4.69, 9.17) is 0 Å². The zero-order chi connectivity index (χ0) is 9.90. The van der Waals surface area contributed by atoms with Crippen LogP contribution in [0.2, 0.25) is 0 Å². The second-order valence-electron chi connectivity index (χ2n) is 3.81. The quantitative estimate of drug-likeness (QED) is 0.548. The average Bonchev–Trinajstić information content (AvgIpc) is 2.00. The summed E-state index contributed by atoms with van der Waals surface area (Å²) in [4.78, 5) is 8.60. The molecule has 0 aromatic carbocycles. The van der Waals surface area contributed by atoms with Gasteiger partial charge in [-0.3, -0.25) is 4.99 Å². The molecule has 1 heterocycles. The summed E-state index contributed by atoms with van der Waals surface area (Å²) in [7, 11) is 0. The summed E-state index contributed by atoms with van der Waals surface area (Å²) in [6.45, 7) is 6.17. The van der Waals surface area contributed by atoms with Gasteiger partial charge in [0.1, 0.15) is 4.60 Å². The Morgan fingerprint density at radius 3 is 2.62 bits per heavy atom. The van der Waals surface area contributed by atoms with E-state index in [-0.39, 0.29) is 5.54 Å². The first-order valence-corrected chi connectivity index (χ1v) is 4.94. The fraction of sp³-hybridized carbons (Fsp3) is 0.400. The predicted octanol–water partition coefficient (Wildman–Crippen LogP) is 3.06. The molecule has 1 aromatic rings. The maximum absolute atomic E-state index is 4.36. The molecule has 1 rings (SSSR count). The molecule has 13 heavy (non-hydrogen) atoms. The predicted molar refractivity (Wildman–Crippen MR) is 59.3 cm³/mol. The van der Waals surface area contributed by atoms with Crippen molar-refractivity contribution in [1.29, 1.82) is 0 Å². The minimum atomic E-state index is -0.0377. The summed E-state index contributed by atoms with van der Waals surface area (Å²) < 4.78 is 0.838. The van der Waals surface area contributed by atoms with Crippen LogP contribution in [0.5, 0.6) is 0 Å². The second kappa shape index (κ2) is 4.01. The van der Waals surface area contributed by atoms with Gasteiger partial charge in [-0.2, -0.15) is 0 Å². The summed E-state index contributed by atoms with van der Waals surface area (Å²) in [6.07, 6.45) is 1.80. The zero-order valence-corrected chi connectivity index (χ0v) is 9.67. The Labute approximate surface area is 87.2 Å². The molecular formula is C10H13BrN2. The molecule has 0 spiro atoms. The first-order chi connectivity index (χ1) is 5.97. The fourth-order valence-corrected chi connectivity index (χ4v) is 1.11. The van der Waals surface area contributed by atoms with Gasteiger partial charge in [-0.05, 0) is 48.8 Å². The lowest BCUT2D eigenvalue weighted by atomic mass is 10.1. The standard InChI is InChI=1S/C10H13BrN2/c1-10(2,3)12-7-8-5-4-6-9(11)13-8/h4-7H,1-3H3/b12-7+. The SMILES string of the molecule is CC(C)(C)/N=C/c1cccc(Br)n1. The van der Waals surface area contributed by atoms with Crippen molar-refractivity contribution >= 4 is 22.1 Å². The summed E-state index contributed by atoms with van der Waals surface area (Å²) in [5, 5.41) is 0. The molecule has 0 amide bonds. The van der Waals surface area contributed by atoms with Crippen molar-refractivity contribution in [3.8, 4) is 0 Å². The molecule has 0 N–H and O–H groups in total. The number of rotatable bonds is 1. The highest BCUT2D eigenvalue weighted by atomic mass is 79.9. The summed E-state index contributed by atoms with van der Waals surface area (Å²) >= 11 is 3.31. The van der Waals surface area contributed by atoms with Crippen LogP contribution in [0.25, 0.3) is 0 Å². The smallest absolute Gasteiger partial charge is 0.106 e. The highest BCUT2D eigenvalue weighted by Gasteiger charge is 2.04. The van der Waals surface area contributed by atoms with Crippen LogP contribution in [0.1, 0.15) is 26.5 Å². The van der Waals surface area contributed by atoms with Crippen molar-refractivity contribution in [3.63, 3.8) is 0 Å². The van der Waals surface area contributed by atoms with Crippen LogP contribution in [0.3, 0.4) is 0 Å². The van der Waals surface area contributed by atoms with E-state index in [1.807, 2.05) is 18.2 Å². The van der Waals surface area contributed by atoms with Gasteiger partial charge in [0, 0.05) is 6.21 Å². The third kappa shape index (κ3) is 4.18. The van der Waals surface area contributed by atoms with Crippen molar-refractivity contribution in [2.75, 3.05) is 0 Å². The number of aromatic nitrogens is 1. The van der Waals surface area contributed by atoms with E-state index in [0.717, 1.165) is 10.3 Å². The van der Waals surface area contributed by atoms with Gasteiger partial charge in [0.15, 0.2) is 0 Å². The molecule has 0 bridgehead atoms. The van der Waals surface area contributed by atoms with Crippen LogP contribution in [-0.4, -0.2) is 16.7 Å². The Bertz CT molecular complexity index is 313. The first kappa shape index (κ1) is 10.4. The van der Waals surface area contributed by atoms with Gasteiger partial charge in [0.25, 0.3) is 0 Å². The van der Waals surface area contributed by atoms with Gasteiger partial charge < -0.3 is 0 Å². The van der Waals surface area contributed by atoms with E-state index in [1.54, 1.807) is 6.21 Å². The lowest BCUT2D eigenvalue weighted by molar-refractivity contribution is 0.586. The molecule has 0 aliphatic rings. The van der Waals surface area contributed by atoms with Crippen LogP contribution in [0.4, 0.5) is 0 Å². The maximum Gasteiger partial charge on any atom is 0.106 e. The minimum Gasteiger partial charge on any atom is -0.285 e. The molecule has 0 fully saturated rings. The molecular weight excluding hydrogens is 228 g/mol. The van der Waals surface area contributed by atoms with Crippen LogP contribution >= 0.6 is 15.9 Å². The number of pyridine rings is 1. The van der Waals surface area contributed by atoms with Crippen molar-refractivity contribution in [2.24, 2.45) is 4.99 Å². The Kier molecular flexibility index (Phi) is 3.20. The normalized spacial score (nSPS) is 12.3. The van der Waals surface area contributed by atoms with E-state index >= 15 is 0 Å². The molecule has 0 saturated heterocycles. The molecule has 70 valence electrons. The van der Waals surface area contributed by atoms with Gasteiger partial charge >= 0.3 is 0 Å². The van der Waals surface area contributed by atoms with Gasteiger partial charge in [-0.15, -0.1) is 0 Å². The molecule has 0 radical (unpaired) electrons. The lowest BCUT2D eigenvalue weighted by Gasteiger charge is -2.10. The van der Waals surface area contributed by atoms with E-state index < -0.39 is 0 Å². The molecule has 1 aromatic heterocycles. The minimum absolute atomic E-state index is 0.0377. The third-order valence-electron chi connectivity index (χ3n) is 1.32. The van der Waals surface area contributed by atoms with Gasteiger partial charge in [0.2, 0.25) is 0 Å². The van der Waals surface area contributed by atoms with E-state index in [2.05, 4.69) is 46.7 Å². The van der Waals surface area contributed by atoms with E-state index in [9.17, 15) is 0 Å². The largest absolute Gasteiger partial charge is 0.285 e. The monoisotopic (exact) mass is 240 g/mol. The fourth-order valence-electron chi connectivity index (χ4n) is 0.756. The van der Waals surface area contributed by atoms with Crippen molar-refractivity contribution in [3.05, 3.63) is 28.5 Å². The Morgan fingerprint density at radius 1 is 1.38 bits per heavy atom. The summed E-state index contributed by atoms with van der Waals surface area (Å²) in [6, 6.07) is 5.77. The molecule has 0 saturated carbocycles. The molecule has 0 aliphatic heterocycles. The number of nitrogens with zero attached hydrogens (tertiary/aromatic N) is 2. The number of hydrogen-bond acceptors (Lipinski definition) is 2. The van der Waals surface area contributed by atoms with E-state index in [1.165, 1.54) is 0 Å². The van der Waals surface area contributed by atoms with Gasteiger partial charge in [-0.1, -0.05) is 6.07 Å². The van der Waals surface area contributed by atoms with Crippen LogP contribution in [-0.2, 0) is 0 Å². The van der Waals surface area contributed by atoms with Crippen molar-refractivity contribution in [2.45, 2.75) is 26.3 Å². The van der Waals surface area contributed by atoms with Gasteiger partial charge in [-0.25, -0.2) is 4.98 Å². The zero-order valence-electron chi connectivity index (χ0n) is 8.08. The molecule has 2 nitrogen and oxygen atoms in total. The van der Waals surface area contributed by atoms with Crippen molar-refractivity contribution < 1.29 is 0 Å². The molecule has 3 heteroatoms. The highest BCUT2D eigenvalue weighted by molar-refractivity contribution is 9.10. The number of aliphatic imine (C=N–C) groups is 1. The number of hydrogen-bond donors (Lipinski definition) is 0. The Hall–Kier alpha value is -0.700. The summed E-state index contributed by atoms with van der Waals surface area (Å²) in [5.41, 5.74) is 0.841. The topological polar surface area (TPSA) is 25.2 Å². The maximum atomic E-state index is 4.36. The summed E-state index contributed by atoms with van der Waals surface area (Å²) in [5.74, 6) is 0. The van der Waals surface area contributed by atoms with E-state index in [0.29, 0.717) is 0 Å². The average molecular weight is 241 g/mol. The van der Waals surface area contributed by atoms with Crippen LogP contribution in [0, 0.1) is 0 Å². The lowest BCUT2D eigenvalue weighted by Crippen LogP contribution is -2.09. The number of halogens is 1. The van der Waals surface area contributed by atoms with Crippen LogP contribution < -0.4 is 0 Å². The molecule has 0 unspecified atom stereocenters. The highest BCUT2D eigenvalue weighted by Crippen LogP contribution is 2.08. The van der Waals surface area contributed by atoms with Crippen molar-refractivity contribution in [1.82, 2.24) is 4.98 Å².